The molecule has 12 heavy (non-hydrogen) atoms. The monoisotopic (exact) mass is 173 g/mol. The maximum absolute atomic E-state index is 12.5. The summed E-state index contributed by atoms with van der Waals surface area (Å²) in [5.74, 6) is -3.22. The summed E-state index contributed by atoms with van der Waals surface area (Å²) < 4.78 is 25.1. The zero-order valence-electron chi connectivity index (χ0n) is 5.83. The first-order chi connectivity index (χ1) is 5.65. The van der Waals surface area contributed by atoms with E-state index in [0.717, 1.165) is 18.3 Å². The summed E-state index contributed by atoms with van der Waals surface area (Å²) in [5.41, 5.74) is 0.0327. The zero-order valence-corrected chi connectivity index (χ0v) is 5.83. The molecule has 0 aliphatic rings. The van der Waals surface area contributed by atoms with Crippen LogP contribution in [-0.2, 0) is 0 Å². The molecule has 0 aliphatic heterocycles. The highest BCUT2D eigenvalue weighted by atomic mass is 19.1. The van der Waals surface area contributed by atoms with Gasteiger partial charge >= 0.3 is 0 Å². The van der Waals surface area contributed by atoms with Gasteiger partial charge in [0.1, 0.15) is 0 Å². The molecule has 0 saturated heterocycles. The van der Waals surface area contributed by atoms with E-state index in [-0.39, 0.29) is 5.56 Å². The lowest BCUT2D eigenvalue weighted by Gasteiger charge is -1.97. The summed E-state index contributed by atoms with van der Waals surface area (Å²) in [4.78, 5) is 0. The number of halogens is 2. The molecule has 1 aromatic rings. The minimum absolute atomic E-state index is 0.0327. The summed E-state index contributed by atoms with van der Waals surface area (Å²) in [7, 11) is 0. The summed E-state index contributed by atoms with van der Waals surface area (Å²) in [6.45, 7) is 0. The summed E-state index contributed by atoms with van der Waals surface area (Å²) >= 11 is 0. The van der Waals surface area contributed by atoms with Crippen LogP contribution < -0.4 is 0 Å². The Hall–Kier alpha value is -1.65. The molecule has 0 saturated carbocycles. The Morgan fingerprint density at radius 1 is 1.25 bits per heavy atom. The van der Waals surface area contributed by atoms with Gasteiger partial charge in [0.15, 0.2) is 17.4 Å². The zero-order chi connectivity index (χ0) is 9.14. The highest BCUT2D eigenvalue weighted by Gasteiger charge is 2.07. The molecule has 0 atom stereocenters. The Morgan fingerprint density at radius 3 is 2.17 bits per heavy atom. The van der Waals surface area contributed by atoms with Gasteiger partial charge in [-0.2, -0.15) is 0 Å². The van der Waals surface area contributed by atoms with Gasteiger partial charge in [0.05, 0.1) is 6.21 Å². The molecule has 0 aromatic heterocycles. The fourth-order valence-corrected chi connectivity index (χ4v) is 0.726. The predicted octanol–water partition coefficient (Wildman–Crippen LogP) is 1.48. The normalized spacial score (nSPS) is 10.8. The molecule has 5 heteroatoms. The number of hydrogen-bond donors (Lipinski definition) is 2. The Bertz CT molecular complexity index is 302. The number of benzene rings is 1. The van der Waals surface area contributed by atoms with Crippen molar-refractivity contribution >= 4 is 6.21 Å². The third-order valence-corrected chi connectivity index (χ3v) is 1.25. The fourth-order valence-electron chi connectivity index (χ4n) is 0.726. The lowest BCUT2D eigenvalue weighted by molar-refractivity contribution is 0.321. The molecule has 0 spiro atoms. The first-order valence-corrected chi connectivity index (χ1v) is 3.00. The van der Waals surface area contributed by atoms with Crippen molar-refractivity contribution in [2.45, 2.75) is 0 Å². The quantitative estimate of drug-likeness (QED) is 0.384. The molecular weight excluding hydrogens is 168 g/mol. The molecule has 0 amide bonds. The minimum Gasteiger partial charge on any atom is -0.503 e. The van der Waals surface area contributed by atoms with Crippen molar-refractivity contribution in [3.05, 3.63) is 29.3 Å². The third kappa shape index (κ3) is 1.50. The Morgan fingerprint density at radius 2 is 1.75 bits per heavy atom. The number of hydrogen-bond acceptors (Lipinski definition) is 3. The van der Waals surface area contributed by atoms with E-state index < -0.39 is 17.4 Å². The lowest BCUT2D eigenvalue weighted by Crippen LogP contribution is -1.88. The van der Waals surface area contributed by atoms with Crippen LogP contribution in [0, 0.1) is 11.6 Å². The van der Waals surface area contributed by atoms with Crippen LogP contribution in [0.1, 0.15) is 5.56 Å². The molecular formula is C7H5F2NO2. The smallest absolute Gasteiger partial charge is 0.187 e. The van der Waals surface area contributed by atoms with E-state index in [4.69, 9.17) is 10.3 Å². The summed E-state index contributed by atoms with van der Waals surface area (Å²) in [6.07, 6.45) is 0.853. The first-order valence-electron chi connectivity index (χ1n) is 3.00. The van der Waals surface area contributed by atoms with Gasteiger partial charge in [0, 0.05) is 5.56 Å². The number of rotatable bonds is 1. The van der Waals surface area contributed by atoms with Crippen molar-refractivity contribution in [1.82, 2.24) is 0 Å². The van der Waals surface area contributed by atoms with Crippen LogP contribution in [0.2, 0.25) is 0 Å². The lowest BCUT2D eigenvalue weighted by atomic mass is 10.2. The van der Waals surface area contributed by atoms with Gasteiger partial charge in [-0.15, -0.1) is 0 Å². The largest absolute Gasteiger partial charge is 0.503 e. The van der Waals surface area contributed by atoms with Crippen LogP contribution >= 0.6 is 0 Å². The average Bonchev–Trinajstić information content (AvgIpc) is 2.01. The molecule has 1 rings (SSSR count). The van der Waals surface area contributed by atoms with Crippen molar-refractivity contribution in [3.8, 4) is 5.75 Å². The number of oxime groups is 1. The van der Waals surface area contributed by atoms with E-state index in [1.165, 1.54) is 0 Å². The molecule has 2 N–H and O–H groups in total. The minimum atomic E-state index is -1.09. The van der Waals surface area contributed by atoms with Crippen LogP contribution in [0.15, 0.2) is 17.3 Å². The Labute approximate surface area is 66.6 Å². The van der Waals surface area contributed by atoms with Gasteiger partial charge in [0.2, 0.25) is 0 Å². The molecule has 0 bridgehead atoms. The molecule has 1 aromatic carbocycles. The van der Waals surface area contributed by atoms with Crippen molar-refractivity contribution in [2.24, 2.45) is 5.16 Å². The third-order valence-electron chi connectivity index (χ3n) is 1.25. The second-order valence-corrected chi connectivity index (χ2v) is 2.08. The second kappa shape index (κ2) is 3.17. The van der Waals surface area contributed by atoms with Crippen LogP contribution in [0.3, 0.4) is 0 Å². The first kappa shape index (κ1) is 8.45. The topological polar surface area (TPSA) is 52.8 Å². The molecule has 0 aliphatic carbocycles. The van der Waals surface area contributed by atoms with E-state index in [9.17, 15) is 8.78 Å². The molecule has 3 nitrogen and oxygen atoms in total. The molecule has 0 unspecified atom stereocenters. The van der Waals surface area contributed by atoms with Gasteiger partial charge in [-0.3, -0.25) is 0 Å². The van der Waals surface area contributed by atoms with E-state index in [1.54, 1.807) is 0 Å². The predicted molar refractivity (Wildman–Crippen MR) is 37.4 cm³/mol. The molecule has 64 valence electrons. The van der Waals surface area contributed by atoms with Crippen LogP contribution in [-0.4, -0.2) is 16.5 Å². The summed E-state index contributed by atoms with van der Waals surface area (Å²) in [6, 6.07) is 1.69. The number of phenolic OH excluding ortho intramolecular Hbond substituents is 1. The highest BCUT2D eigenvalue weighted by Crippen LogP contribution is 2.20. The number of nitrogens with zero attached hydrogens (tertiary/aromatic N) is 1. The summed E-state index contributed by atoms with van der Waals surface area (Å²) in [5, 5.41) is 19.3. The Kier molecular flexibility index (Phi) is 2.23. The van der Waals surface area contributed by atoms with Gasteiger partial charge in [-0.25, -0.2) is 8.78 Å². The van der Waals surface area contributed by atoms with Crippen LogP contribution in [0.4, 0.5) is 8.78 Å². The Balaban J connectivity index is 3.21. The van der Waals surface area contributed by atoms with E-state index >= 15 is 0 Å². The standard InChI is InChI=1S/C7H5F2NO2/c8-5-1-4(3-10-12)2-6(9)7(5)11/h1-3,11-12H. The molecule has 0 fully saturated rings. The van der Waals surface area contributed by atoms with Crippen molar-refractivity contribution < 1.29 is 19.1 Å². The molecule has 0 heterocycles. The van der Waals surface area contributed by atoms with Crippen molar-refractivity contribution in [3.63, 3.8) is 0 Å². The van der Waals surface area contributed by atoms with Gasteiger partial charge in [0.25, 0.3) is 0 Å². The average molecular weight is 173 g/mol. The maximum Gasteiger partial charge on any atom is 0.187 e. The van der Waals surface area contributed by atoms with Crippen LogP contribution in [0.25, 0.3) is 0 Å². The maximum atomic E-state index is 12.5. The van der Waals surface area contributed by atoms with Gasteiger partial charge < -0.3 is 10.3 Å². The number of aromatic hydroxyl groups is 1. The highest BCUT2D eigenvalue weighted by molar-refractivity contribution is 5.79. The number of phenols is 1. The fraction of sp³-hybridized carbons (Fsp3) is 0. The van der Waals surface area contributed by atoms with E-state index in [2.05, 4.69) is 5.16 Å². The van der Waals surface area contributed by atoms with E-state index in [0.29, 0.717) is 0 Å². The van der Waals surface area contributed by atoms with Crippen molar-refractivity contribution in [2.75, 3.05) is 0 Å². The van der Waals surface area contributed by atoms with Crippen LogP contribution in [0.5, 0.6) is 5.75 Å². The van der Waals surface area contributed by atoms with Gasteiger partial charge in [-0.1, -0.05) is 5.16 Å². The molecule has 0 radical (unpaired) electrons. The van der Waals surface area contributed by atoms with E-state index in [1.807, 2.05) is 0 Å². The SMILES string of the molecule is ON=Cc1cc(F)c(O)c(F)c1. The van der Waals surface area contributed by atoms with Gasteiger partial charge in [-0.05, 0) is 12.1 Å². The van der Waals surface area contributed by atoms with Crippen molar-refractivity contribution in [1.29, 1.82) is 0 Å². The second-order valence-electron chi connectivity index (χ2n) is 2.08.